The summed E-state index contributed by atoms with van der Waals surface area (Å²) in [6, 6.07) is 5.51. The van der Waals surface area contributed by atoms with Gasteiger partial charge in [-0.3, -0.25) is 9.59 Å². The highest BCUT2D eigenvalue weighted by Gasteiger charge is 2.45. The molecular formula is C33H45N5O6S. The Morgan fingerprint density at radius 2 is 1.73 bits per heavy atom. The van der Waals surface area contributed by atoms with Crippen molar-refractivity contribution in [2.75, 3.05) is 19.6 Å². The van der Waals surface area contributed by atoms with E-state index in [-0.39, 0.29) is 19.0 Å². The Kier molecular flexibility index (Phi) is 9.55. The zero-order chi connectivity index (χ0) is 32.5. The van der Waals surface area contributed by atoms with Crippen molar-refractivity contribution in [1.29, 1.82) is 0 Å². The number of carbonyl (C=O) groups is 4. The lowest BCUT2D eigenvalue weighted by Gasteiger charge is -2.47. The van der Waals surface area contributed by atoms with E-state index in [0.29, 0.717) is 18.5 Å². The van der Waals surface area contributed by atoms with Crippen molar-refractivity contribution in [3.8, 4) is 10.4 Å². The van der Waals surface area contributed by atoms with Crippen LogP contribution < -0.4 is 10.6 Å². The van der Waals surface area contributed by atoms with Gasteiger partial charge in [0.2, 0.25) is 11.8 Å². The van der Waals surface area contributed by atoms with Crippen molar-refractivity contribution in [2.24, 2.45) is 10.8 Å². The number of aliphatic hydroxyl groups excluding tert-OH is 1. The monoisotopic (exact) mass is 639 g/mol. The van der Waals surface area contributed by atoms with Crippen LogP contribution in [0.2, 0.25) is 0 Å². The number of aliphatic hydroxyl groups is 1. The zero-order valence-corrected chi connectivity index (χ0v) is 27.6. The quantitative estimate of drug-likeness (QED) is 0.386. The molecule has 12 heteroatoms. The molecule has 2 aliphatic heterocycles. The second kappa shape index (κ2) is 13.1. The van der Waals surface area contributed by atoms with Gasteiger partial charge in [0, 0.05) is 26.1 Å². The average molecular weight is 640 g/mol. The molecule has 3 fully saturated rings. The van der Waals surface area contributed by atoms with Crippen LogP contribution in [0.5, 0.6) is 0 Å². The van der Waals surface area contributed by atoms with Gasteiger partial charge in [-0.2, -0.15) is 0 Å². The molecule has 3 N–H and O–H groups in total. The third-order valence-electron chi connectivity index (χ3n) is 9.69. The summed E-state index contributed by atoms with van der Waals surface area (Å²) in [6.45, 7) is 10.2. The van der Waals surface area contributed by atoms with Crippen molar-refractivity contribution < 1.29 is 29.0 Å². The minimum Gasteiger partial charge on any atom is -0.391 e. The number of aromatic nitrogens is 1. The number of ether oxygens (including phenoxy) is 1. The van der Waals surface area contributed by atoms with Crippen LogP contribution in [0.4, 0.5) is 9.59 Å². The SMILES string of the molecule is Cc1ncsc1-c1ccc([C@H](C)NC(=O)[C@@H]2C[C@@H](O)CN2C(=O)[C@@H](NC(=O)OC(=O)N2CCC3(CCC3)CC2)C(C)(C)C)cc1. The largest absolute Gasteiger partial charge is 0.418 e. The summed E-state index contributed by atoms with van der Waals surface area (Å²) in [5.41, 5.74) is 4.28. The van der Waals surface area contributed by atoms with E-state index in [1.807, 2.05) is 43.6 Å². The van der Waals surface area contributed by atoms with E-state index >= 15 is 0 Å². The van der Waals surface area contributed by atoms with Gasteiger partial charge in [-0.05, 0) is 61.5 Å². The van der Waals surface area contributed by atoms with Gasteiger partial charge in [-0.25, -0.2) is 14.6 Å². The van der Waals surface area contributed by atoms with E-state index in [9.17, 15) is 24.3 Å². The van der Waals surface area contributed by atoms with Gasteiger partial charge in [-0.1, -0.05) is 51.5 Å². The van der Waals surface area contributed by atoms with Gasteiger partial charge in [0.15, 0.2) is 0 Å². The second-order valence-corrected chi connectivity index (χ2v) is 14.8. The Morgan fingerprint density at radius 3 is 2.29 bits per heavy atom. The summed E-state index contributed by atoms with van der Waals surface area (Å²) in [6.07, 6.45) is 2.87. The smallest absolute Gasteiger partial charge is 0.391 e. The third kappa shape index (κ3) is 7.33. The van der Waals surface area contributed by atoms with E-state index in [2.05, 4.69) is 15.6 Å². The van der Waals surface area contributed by atoms with Gasteiger partial charge in [0.05, 0.1) is 28.2 Å². The van der Waals surface area contributed by atoms with Crippen molar-refractivity contribution in [1.82, 2.24) is 25.4 Å². The lowest BCUT2D eigenvalue weighted by molar-refractivity contribution is -0.142. The molecule has 4 amide bonds. The lowest BCUT2D eigenvalue weighted by Crippen LogP contribution is -2.58. The first-order chi connectivity index (χ1) is 21.3. The van der Waals surface area contributed by atoms with E-state index in [0.717, 1.165) is 34.5 Å². The number of hydrogen-bond donors (Lipinski definition) is 3. The Bertz CT molecular complexity index is 1410. The first-order valence-corrected chi connectivity index (χ1v) is 16.7. The highest BCUT2D eigenvalue weighted by molar-refractivity contribution is 7.13. The molecule has 1 saturated carbocycles. The van der Waals surface area contributed by atoms with Crippen LogP contribution in [0.15, 0.2) is 29.8 Å². The number of amides is 4. The second-order valence-electron chi connectivity index (χ2n) is 14.0. The van der Waals surface area contributed by atoms with E-state index in [1.165, 1.54) is 24.2 Å². The molecule has 2 aromatic rings. The van der Waals surface area contributed by atoms with Crippen LogP contribution in [0.3, 0.4) is 0 Å². The molecule has 1 aliphatic carbocycles. The highest BCUT2D eigenvalue weighted by atomic mass is 32.1. The Hall–Kier alpha value is -3.51. The molecule has 45 heavy (non-hydrogen) atoms. The van der Waals surface area contributed by atoms with Crippen molar-refractivity contribution in [3.05, 3.63) is 41.0 Å². The van der Waals surface area contributed by atoms with Crippen LogP contribution in [-0.2, 0) is 14.3 Å². The van der Waals surface area contributed by atoms with Crippen LogP contribution in [0, 0.1) is 17.8 Å². The normalized spacial score (nSPS) is 22.4. The molecule has 11 nitrogen and oxygen atoms in total. The number of carbonyl (C=O) groups excluding carboxylic acids is 4. The number of nitrogens with zero attached hydrogens (tertiary/aromatic N) is 3. The molecule has 5 rings (SSSR count). The van der Waals surface area contributed by atoms with E-state index < -0.39 is 47.6 Å². The minimum atomic E-state index is -1.10. The maximum Gasteiger partial charge on any atom is 0.418 e. The molecule has 1 aromatic heterocycles. The first-order valence-electron chi connectivity index (χ1n) is 15.8. The van der Waals surface area contributed by atoms with E-state index in [1.54, 1.807) is 37.0 Å². The molecule has 2 saturated heterocycles. The molecule has 3 heterocycles. The van der Waals surface area contributed by atoms with Crippen LogP contribution >= 0.6 is 11.3 Å². The number of aryl methyl sites for hydroxylation is 1. The molecular weight excluding hydrogens is 594 g/mol. The van der Waals surface area contributed by atoms with Gasteiger partial charge in [0.25, 0.3) is 0 Å². The van der Waals surface area contributed by atoms with Crippen molar-refractivity contribution in [2.45, 2.75) is 97.4 Å². The predicted molar refractivity (Wildman–Crippen MR) is 170 cm³/mol. The summed E-state index contributed by atoms with van der Waals surface area (Å²) >= 11 is 1.57. The fourth-order valence-electron chi connectivity index (χ4n) is 6.65. The molecule has 1 aromatic carbocycles. The number of thiazole rings is 1. The average Bonchev–Trinajstić information content (AvgIpc) is 3.59. The lowest BCUT2D eigenvalue weighted by atomic mass is 9.63. The number of alkyl carbamates (subject to hydrolysis) is 1. The zero-order valence-electron chi connectivity index (χ0n) is 26.8. The molecule has 0 radical (unpaired) electrons. The molecule has 4 atom stereocenters. The van der Waals surface area contributed by atoms with Crippen molar-refractivity contribution >= 4 is 35.3 Å². The number of β-amino-alcohol motifs (C(OH)–C–C–N with tert-alkyl or cyclic N) is 1. The summed E-state index contributed by atoms with van der Waals surface area (Å²) in [4.78, 5) is 61.3. The number of hydrogen-bond acceptors (Lipinski definition) is 8. The van der Waals surface area contributed by atoms with Crippen LogP contribution in [0.25, 0.3) is 10.4 Å². The van der Waals surface area contributed by atoms with Gasteiger partial charge >= 0.3 is 12.2 Å². The maximum absolute atomic E-state index is 13.9. The molecule has 0 bridgehead atoms. The molecule has 0 unspecified atom stereocenters. The maximum atomic E-state index is 13.9. The molecule has 3 aliphatic rings. The number of rotatable bonds is 6. The number of likely N-dealkylation sites (tertiary alicyclic amines) is 2. The molecule has 1 spiro atoms. The molecule has 244 valence electrons. The highest BCUT2D eigenvalue weighted by Crippen LogP contribution is 2.48. The number of benzene rings is 1. The predicted octanol–water partition coefficient (Wildman–Crippen LogP) is 4.78. The topological polar surface area (TPSA) is 141 Å². The van der Waals surface area contributed by atoms with Gasteiger partial charge in [-0.15, -0.1) is 11.3 Å². The van der Waals surface area contributed by atoms with Crippen molar-refractivity contribution in [3.63, 3.8) is 0 Å². The standard InChI is InChI=1S/C33H45N5O6S/c1-20(22-7-9-23(10-8-22)26-21(2)34-19-45-26)35-28(40)25-17-24(39)18-38(25)29(41)27(32(3,4)5)36-30(42)44-31(43)37-15-13-33(14-16-37)11-6-12-33/h7-10,19-20,24-25,27,39H,6,11-18H2,1-5H3,(H,35,40)(H,36,42)/t20-,24+,25-,27+/m0/s1. The van der Waals surface area contributed by atoms with Crippen LogP contribution in [0.1, 0.15) is 83.5 Å². The minimum absolute atomic E-state index is 0.0496. The number of piperidine rings is 1. The van der Waals surface area contributed by atoms with Gasteiger partial charge in [0.1, 0.15) is 12.1 Å². The summed E-state index contributed by atoms with van der Waals surface area (Å²) < 4.78 is 5.12. The number of nitrogens with one attached hydrogen (secondary N) is 2. The fourth-order valence-corrected chi connectivity index (χ4v) is 7.46. The fraction of sp³-hybridized carbons (Fsp3) is 0.606. The Labute approximate surface area is 268 Å². The third-order valence-corrected chi connectivity index (χ3v) is 10.7. The summed E-state index contributed by atoms with van der Waals surface area (Å²) in [7, 11) is 0. The van der Waals surface area contributed by atoms with Crippen LogP contribution in [-0.4, -0.2) is 81.7 Å². The van der Waals surface area contributed by atoms with E-state index in [4.69, 9.17) is 4.74 Å². The first kappa shape index (κ1) is 32.9. The van der Waals surface area contributed by atoms with Gasteiger partial charge < -0.3 is 30.3 Å². The summed E-state index contributed by atoms with van der Waals surface area (Å²) in [5, 5.41) is 16.1. The summed E-state index contributed by atoms with van der Waals surface area (Å²) in [5.74, 6) is -0.917. The Balaban J connectivity index is 1.20. The Morgan fingerprint density at radius 1 is 1.07 bits per heavy atom.